The molecule has 0 spiro atoms. The lowest BCUT2D eigenvalue weighted by Gasteiger charge is -2.22. The Bertz CT molecular complexity index is 224. The van der Waals surface area contributed by atoms with Crippen LogP contribution >= 0.6 is 0 Å². The SMILES string of the molecule is CCC(=O)C(C(=O)OC)C1CCCCCC1. The lowest BCUT2D eigenvalue weighted by Crippen LogP contribution is -2.32. The molecule has 0 bridgehead atoms. The van der Waals surface area contributed by atoms with Gasteiger partial charge in [-0.1, -0.05) is 32.6 Å². The maximum Gasteiger partial charge on any atom is 0.316 e. The summed E-state index contributed by atoms with van der Waals surface area (Å²) in [4.78, 5) is 23.5. The van der Waals surface area contributed by atoms with Gasteiger partial charge in [-0.05, 0) is 18.8 Å². The molecule has 0 aromatic rings. The van der Waals surface area contributed by atoms with Crippen LogP contribution in [0.25, 0.3) is 0 Å². The molecular weight excluding hydrogens is 204 g/mol. The van der Waals surface area contributed by atoms with Crippen LogP contribution in [0, 0.1) is 11.8 Å². The molecule has 0 aromatic heterocycles. The van der Waals surface area contributed by atoms with Crippen LogP contribution in [0.4, 0.5) is 0 Å². The van der Waals surface area contributed by atoms with E-state index in [-0.39, 0.29) is 17.7 Å². The van der Waals surface area contributed by atoms with E-state index in [9.17, 15) is 9.59 Å². The Hall–Kier alpha value is -0.860. The number of rotatable bonds is 4. The van der Waals surface area contributed by atoms with Gasteiger partial charge in [0.15, 0.2) is 0 Å². The summed E-state index contributed by atoms with van der Waals surface area (Å²) in [5.74, 6) is -0.590. The third-order valence-electron chi connectivity index (χ3n) is 3.52. The Labute approximate surface area is 97.5 Å². The first-order valence-electron chi connectivity index (χ1n) is 6.31. The fraction of sp³-hybridized carbons (Fsp3) is 0.846. The smallest absolute Gasteiger partial charge is 0.316 e. The number of hydrogen-bond donors (Lipinski definition) is 0. The summed E-state index contributed by atoms with van der Waals surface area (Å²) in [7, 11) is 1.37. The van der Waals surface area contributed by atoms with Gasteiger partial charge < -0.3 is 4.74 Å². The van der Waals surface area contributed by atoms with E-state index in [2.05, 4.69) is 0 Å². The van der Waals surface area contributed by atoms with Crippen molar-refractivity contribution < 1.29 is 14.3 Å². The molecule has 0 saturated heterocycles. The molecule has 92 valence electrons. The van der Waals surface area contributed by atoms with Gasteiger partial charge in [0.1, 0.15) is 11.7 Å². The lowest BCUT2D eigenvalue weighted by atomic mass is 9.82. The van der Waals surface area contributed by atoms with Gasteiger partial charge in [0.05, 0.1) is 7.11 Å². The molecular formula is C13H22O3. The van der Waals surface area contributed by atoms with Gasteiger partial charge in [-0.2, -0.15) is 0 Å². The zero-order valence-corrected chi connectivity index (χ0v) is 10.3. The number of hydrogen-bond acceptors (Lipinski definition) is 3. The Morgan fingerprint density at radius 2 is 1.75 bits per heavy atom. The molecule has 16 heavy (non-hydrogen) atoms. The van der Waals surface area contributed by atoms with Crippen LogP contribution in [0.2, 0.25) is 0 Å². The van der Waals surface area contributed by atoms with E-state index in [4.69, 9.17) is 4.74 Å². The van der Waals surface area contributed by atoms with Gasteiger partial charge in [-0.15, -0.1) is 0 Å². The number of esters is 1. The lowest BCUT2D eigenvalue weighted by molar-refractivity contribution is -0.152. The van der Waals surface area contributed by atoms with Crippen LogP contribution in [0.1, 0.15) is 51.9 Å². The van der Waals surface area contributed by atoms with E-state index in [0.29, 0.717) is 6.42 Å². The number of carbonyl (C=O) groups excluding carboxylic acids is 2. The molecule has 1 fully saturated rings. The predicted molar refractivity (Wildman–Crippen MR) is 62.0 cm³/mol. The summed E-state index contributed by atoms with van der Waals surface area (Å²) >= 11 is 0. The van der Waals surface area contributed by atoms with Crippen LogP contribution in [-0.2, 0) is 14.3 Å². The highest BCUT2D eigenvalue weighted by Gasteiger charge is 2.34. The monoisotopic (exact) mass is 226 g/mol. The summed E-state index contributed by atoms with van der Waals surface area (Å²) in [5, 5.41) is 0. The topological polar surface area (TPSA) is 43.4 Å². The molecule has 3 heteroatoms. The summed E-state index contributed by atoms with van der Waals surface area (Å²) in [6, 6.07) is 0. The minimum absolute atomic E-state index is 0.0405. The van der Waals surface area contributed by atoms with Crippen molar-refractivity contribution in [3.05, 3.63) is 0 Å². The van der Waals surface area contributed by atoms with Crippen molar-refractivity contribution >= 4 is 11.8 Å². The molecule has 1 rings (SSSR count). The van der Waals surface area contributed by atoms with E-state index in [0.717, 1.165) is 25.7 Å². The number of Topliss-reactive ketones (excluding diaryl/α,β-unsaturated/α-hetero) is 1. The highest BCUT2D eigenvalue weighted by molar-refractivity contribution is 5.99. The van der Waals surface area contributed by atoms with E-state index in [1.807, 2.05) is 6.92 Å². The maximum absolute atomic E-state index is 11.8. The second-order valence-corrected chi connectivity index (χ2v) is 4.57. The number of carbonyl (C=O) groups is 2. The fourth-order valence-electron chi connectivity index (χ4n) is 2.58. The molecule has 0 heterocycles. The van der Waals surface area contributed by atoms with E-state index in [1.54, 1.807) is 0 Å². The molecule has 1 aliphatic carbocycles. The minimum Gasteiger partial charge on any atom is -0.468 e. The van der Waals surface area contributed by atoms with Crippen molar-refractivity contribution in [3.8, 4) is 0 Å². The fourth-order valence-corrected chi connectivity index (χ4v) is 2.58. The van der Waals surface area contributed by atoms with Crippen molar-refractivity contribution in [1.82, 2.24) is 0 Å². The van der Waals surface area contributed by atoms with Gasteiger partial charge in [-0.3, -0.25) is 9.59 Å². The average molecular weight is 226 g/mol. The van der Waals surface area contributed by atoms with Crippen molar-refractivity contribution in [3.63, 3.8) is 0 Å². The molecule has 0 amide bonds. The third kappa shape index (κ3) is 3.32. The van der Waals surface area contributed by atoms with Crippen LogP contribution in [-0.4, -0.2) is 18.9 Å². The largest absolute Gasteiger partial charge is 0.468 e. The molecule has 1 saturated carbocycles. The van der Waals surface area contributed by atoms with Gasteiger partial charge in [0, 0.05) is 6.42 Å². The second kappa shape index (κ2) is 6.66. The zero-order chi connectivity index (χ0) is 12.0. The molecule has 1 unspecified atom stereocenters. The first kappa shape index (κ1) is 13.2. The second-order valence-electron chi connectivity index (χ2n) is 4.57. The van der Waals surface area contributed by atoms with Gasteiger partial charge >= 0.3 is 5.97 Å². The molecule has 1 aliphatic rings. The highest BCUT2D eigenvalue weighted by Crippen LogP contribution is 2.30. The predicted octanol–water partition coefficient (Wildman–Crippen LogP) is 2.73. The molecule has 0 aromatic carbocycles. The molecule has 3 nitrogen and oxygen atoms in total. The molecule has 1 atom stereocenters. The Morgan fingerprint density at radius 1 is 1.19 bits per heavy atom. The van der Waals surface area contributed by atoms with Crippen molar-refractivity contribution in [2.45, 2.75) is 51.9 Å². The van der Waals surface area contributed by atoms with Crippen molar-refractivity contribution in [2.24, 2.45) is 11.8 Å². The van der Waals surface area contributed by atoms with Crippen molar-refractivity contribution in [1.29, 1.82) is 0 Å². The van der Waals surface area contributed by atoms with Gasteiger partial charge in [0.2, 0.25) is 0 Å². The van der Waals surface area contributed by atoms with Gasteiger partial charge in [-0.25, -0.2) is 0 Å². The normalized spacial score (nSPS) is 19.9. The van der Waals surface area contributed by atoms with E-state index in [1.165, 1.54) is 20.0 Å². The van der Waals surface area contributed by atoms with Crippen LogP contribution < -0.4 is 0 Å². The van der Waals surface area contributed by atoms with Crippen LogP contribution in [0.15, 0.2) is 0 Å². The molecule has 0 N–H and O–H groups in total. The number of ether oxygens (including phenoxy) is 1. The first-order chi connectivity index (χ1) is 7.70. The summed E-state index contributed by atoms with van der Waals surface area (Å²) in [6.45, 7) is 1.81. The Balaban J connectivity index is 2.73. The number of ketones is 1. The summed E-state index contributed by atoms with van der Waals surface area (Å²) in [6.07, 6.45) is 7.13. The number of methoxy groups -OCH3 is 1. The summed E-state index contributed by atoms with van der Waals surface area (Å²) in [5.41, 5.74) is 0. The minimum atomic E-state index is -0.506. The third-order valence-corrected chi connectivity index (χ3v) is 3.52. The Morgan fingerprint density at radius 3 is 2.19 bits per heavy atom. The van der Waals surface area contributed by atoms with Crippen LogP contribution in [0.3, 0.4) is 0 Å². The van der Waals surface area contributed by atoms with E-state index < -0.39 is 5.92 Å². The summed E-state index contributed by atoms with van der Waals surface area (Å²) < 4.78 is 4.77. The molecule has 0 aliphatic heterocycles. The average Bonchev–Trinajstić information content (AvgIpc) is 2.57. The van der Waals surface area contributed by atoms with Crippen molar-refractivity contribution in [2.75, 3.05) is 7.11 Å². The standard InChI is InChI=1S/C13H22O3/c1-3-11(14)12(13(15)16-2)10-8-6-4-5-7-9-10/h10,12H,3-9H2,1-2H3. The van der Waals surface area contributed by atoms with E-state index >= 15 is 0 Å². The quantitative estimate of drug-likeness (QED) is 0.420. The molecule has 0 radical (unpaired) electrons. The zero-order valence-electron chi connectivity index (χ0n) is 10.3. The van der Waals surface area contributed by atoms with Gasteiger partial charge in [0.25, 0.3) is 0 Å². The maximum atomic E-state index is 11.8. The Kier molecular flexibility index (Phi) is 5.50. The first-order valence-corrected chi connectivity index (χ1v) is 6.31. The highest BCUT2D eigenvalue weighted by atomic mass is 16.5. The van der Waals surface area contributed by atoms with Crippen LogP contribution in [0.5, 0.6) is 0 Å².